The van der Waals surface area contributed by atoms with Crippen molar-refractivity contribution in [3.05, 3.63) is 29.3 Å². The van der Waals surface area contributed by atoms with Gasteiger partial charge in [0.1, 0.15) is 18.5 Å². The van der Waals surface area contributed by atoms with E-state index in [0.717, 1.165) is 37.2 Å². The second-order valence-corrected chi connectivity index (χ2v) is 7.41. The maximum atomic E-state index is 10.3. The zero-order valence-electron chi connectivity index (χ0n) is 13.9. The van der Waals surface area contributed by atoms with Crippen LogP contribution in [-0.4, -0.2) is 42.4 Å². The first-order valence-corrected chi connectivity index (χ1v) is 8.75. The van der Waals surface area contributed by atoms with Crippen molar-refractivity contribution < 1.29 is 9.84 Å². The van der Waals surface area contributed by atoms with Crippen molar-refractivity contribution in [1.82, 2.24) is 4.90 Å². The number of hydrogen-bond donors (Lipinski definition) is 1. The lowest BCUT2D eigenvalue weighted by atomic mass is 9.92. The monoisotopic (exact) mass is 303 g/mol. The maximum absolute atomic E-state index is 10.3. The summed E-state index contributed by atoms with van der Waals surface area (Å²) < 4.78 is 5.81. The third kappa shape index (κ3) is 4.02. The summed E-state index contributed by atoms with van der Waals surface area (Å²) in [5, 5.41) is 10.3. The van der Waals surface area contributed by atoms with E-state index in [2.05, 4.69) is 30.9 Å². The van der Waals surface area contributed by atoms with Gasteiger partial charge in [-0.1, -0.05) is 19.9 Å². The molecular weight excluding hydrogens is 274 g/mol. The fourth-order valence-electron chi connectivity index (χ4n) is 4.12. The molecule has 122 valence electrons. The standard InChI is InChI=1S/C19H29NO2/c1-14-8-15(2)11-20(10-14)12-18(21)13-22-19-7-6-16-4-3-5-17(16)9-19/h6-7,9,14-15,18,21H,3-5,8,10-13H2,1-2H3/t14-,15-,18+/m1/s1. The van der Waals surface area contributed by atoms with E-state index < -0.39 is 6.10 Å². The number of likely N-dealkylation sites (tertiary alicyclic amines) is 1. The molecule has 0 amide bonds. The first kappa shape index (κ1) is 15.8. The van der Waals surface area contributed by atoms with Crippen LogP contribution in [0.3, 0.4) is 0 Å². The number of aliphatic hydroxyl groups is 1. The molecule has 0 bridgehead atoms. The number of hydrogen-bond acceptors (Lipinski definition) is 3. The number of piperidine rings is 1. The van der Waals surface area contributed by atoms with Crippen LogP contribution in [-0.2, 0) is 12.8 Å². The lowest BCUT2D eigenvalue weighted by Gasteiger charge is -2.35. The molecule has 0 radical (unpaired) electrons. The molecule has 0 saturated carbocycles. The minimum Gasteiger partial charge on any atom is -0.491 e. The number of rotatable bonds is 5. The summed E-state index contributed by atoms with van der Waals surface area (Å²) in [4.78, 5) is 2.38. The molecule has 0 unspecified atom stereocenters. The molecule has 1 aromatic carbocycles. The molecule has 3 rings (SSSR count). The van der Waals surface area contributed by atoms with Crippen LogP contribution in [0.4, 0.5) is 0 Å². The third-order valence-electron chi connectivity index (χ3n) is 4.93. The lowest BCUT2D eigenvalue weighted by Crippen LogP contribution is -2.44. The molecule has 1 aromatic rings. The number of aryl methyl sites for hydroxylation is 2. The van der Waals surface area contributed by atoms with E-state index in [4.69, 9.17) is 4.74 Å². The van der Waals surface area contributed by atoms with Crippen molar-refractivity contribution >= 4 is 0 Å². The van der Waals surface area contributed by atoms with Gasteiger partial charge in [0, 0.05) is 19.6 Å². The van der Waals surface area contributed by atoms with Gasteiger partial charge in [-0.25, -0.2) is 0 Å². The van der Waals surface area contributed by atoms with E-state index in [1.54, 1.807) is 0 Å². The van der Waals surface area contributed by atoms with E-state index in [9.17, 15) is 5.11 Å². The van der Waals surface area contributed by atoms with Crippen molar-refractivity contribution in [1.29, 1.82) is 0 Å². The third-order valence-corrected chi connectivity index (χ3v) is 4.93. The normalized spacial score (nSPS) is 26.7. The van der Waals surface area contributed by atoms with Gasteiger partial charge in [-0.15, -0.1) is 0 Å². The van der Waals surface area contributed by atoms with Crippen LogP contribution in [0, 0.1) is 11.8 Å². The van der Waals surface area contributed by atoms with Crippen molar-refractivity contribution in [3.8, 4) is 5.75 Å². The van der Waals surface area contributed by atoms with Crippen LogP contribution in [0.5, 0.6) is 5.75 Å². The lowest BCUT2D eigenvalue weighted by molar-refractivity contribution is 0.0429. The molecule has 2 aliphatic rings. The number of β-amino-alcohol motifs (C(OH)–C–C–N with tert-alkyl or cyclic N) is 1. The predicted molar refractivity (Wildman–Crippen MR) is 89.4 cm³/mol. The molecule has 3 nitrogen and oxygen atoms in total. The number of nitrogens with zero attached hydrogens (tertiary/aromatic N) is 1. The minimum atomic E-state index is -0.411. The molecule has 1 aliphatic carbocycles. The van der Waals surface area contributed by atoms with Crippen molar-refractivity contribution in [2.24, 2.45) is 11.8 Å². The molecule has 0 aromatic heterocycles. The van der Waals surface area contributed by atoms with Crippen LogP contribution in [0.2, 0.25) is 0 Å². The Labute approximate surface area is 134 Å². The molecule has 1 heterocycles. The van der Waals surface area contributed by atoms with E-state index in [1.165, 1.54) is 36.8 Å². The minimum absolute atomic E-state index is 0.387. The van der Waals surface area contributed by atoms with Crippen LogP contribution in [0.25, 0.3) is 0 Å². The Morgan fingerprint density at radius 2 is 1.91 bits per heavy atom. The summed E-state index contributed by atoms with van der Waals surface area (Å²) >= 11 is 0. The molecule has 1 fully saturated rings. The SMILES string of the molecule is C[C@@H]1C[C@@H](C)CN(C[C@H](O)COc2ccc3c(c2)CCC3)C1. The molecule has 1 saturated heterocycles. The predicted octanol–water partition coefficient (Wildman–Crippen LogP) is 2.89. The van der Waals surface area contributed by atoms with Crippen LogP contribution in [0.15, 0.2) is 18.2 Å². The summed E-state index contributed by atoms with van der Waals surface area (Å²) in [5.74, 6) is 2.36. The number of aliphatic hydroxyl groups excluding tert-OH is 1. The largest absolute Gasteiger partial charge is 0.491 e. The molecule has 0 spiro atoms. The molecule has 22 heavy (non-hydrogen) atoms. The van der Waals surface area contributed by atoms with Gasteiger partial charge in [0.05, 0.1) is 0 Å². The van der Waals surface area contributed by atoms with Gasteiger partial charge in [-0.05, 0) is 60.8 Å². The van der Waals surface area contributed by atoms with Crippen LogP contribution < -0.4 is 4.74 Å². The highest BCUT2D eigenvalue weighted by molar-refractivity contribution is 5.38. The first-order chi connectivity index (χ1) is 10.6. The molecule has 3 atom stereocenters. The van der Waals surface area contributed by atoms with Gasteiger partial charge in [-0.2, -0.15) is 0 Å². The number of fused-ring (bicyclic) bond motifs is 1. The highest BCUT2D eigenvalue weighted by Gasteiger charge is 2.23. The fourth-order valence-corrected chi connectivity index (χ4v) is 4.12. The summed E-state index contributed by atoms with van der Waals surface area (Å²) in [6.07, 6.45) is 4.51. The molecule has 1 aliphatic heterocycles. The second kappa shape index (κ2) is 7.01. The van der Waals surface area contributed by atoms with Gasteiger partial charge < -0.3 is 14.7 Å². The summed E-state index contributed by atoms with van der Waals surface area (Å²) in [7, 11) is 0. The Balaban J connectivity index is 1.47. The molecular formula is C19H29NO2. The van der Waals surface area contributed by atoms with E-state index in [1.807, 2.05) is 6.07 Å². The topological polar surface area (TPSA) is 32.7 Å². The summed E-state index contributed by atoms with van der Waals surface area (Å²) in [5.41, 5.74) is 2.88. The van der Waals surface area contributed by atoms with Gasteiger partial charge >= 0.3 is 0 Å². The van der Waals surface area contributed by atoms with Crippen LogP contribution >= 0.6 is 0 Å². The van der Waals surface area contributed by atoms with Gasteiger partial charge in [0.15, 0.2) is 0 Å². The Morgan fingerprint density at radius 1 is 1.18 bits per heavy atom. The quantitative estimate of drug-likeness (QED) is 0.908. The number of benzene rings is 1. The van der Waals surface area contributed by atoms with Crippen molar-refractivity contribution in [2.75, 3.05) is 26.2 Å². The fraction of sp³-hybridized carbons (Fsp3) is 0.684. The van der Waals surface area contributed by atoms with E-state index >= 15 is 0 Å². The van der Waals surface area contributed by atoms with Gasteiger partial charge in [0.25, 0.3) is 0 Å². The average molecular weight is 303 g/mol. The Bertz CT molecular complexity index is 492. The zero-order valence-corrected chi connectivity index (χ0v) is 13.9. The van der Waals surface area contributed by atoms with E-state index in [0.29, 0.717) is 6.61 Å². The maximum Gasteiger partial charge on any atom is 0.119 e. The van der Waals surface area contributed by atoms with Crippen molar-refractivity contribution in [2.45, 2.75) is 45.6 Å². The molecule has 3 heteroatoms. The summed E-state index contributed by atoms with van der Waals surface area (Å²) in [6, 6.07) is 6.38. The van der Waals surface area contributed by atoms with Gasteiger partial charge in [0.2, 0.25) is 0 Å². The van der Waals surface area contributed by atoms with Gasteiger partial charge in [-0.3, -0.25) is 0 Å². The van der Waals surface area contributed by atoms with Crippen LogP contribution in [0.1, 0.15) is 37.8 Å². The second-order valence-electron chi connectivity index (χ2n) is 7.41. The average Bonchev–Trinajstić information content (AvgIpc) is 2.91. The Hall–Kier alpha value is -1.06. The highest BCUT2D eigenvalue weighted by atomic mass is 16.5. The Morgan fingerprint density at radius 3 is 2.68 bits per heavy atom. The van der Waals surface area contributed by atoms with E-state index in [-0.39, 0.29) is 0 Å². The smallest absolute Gasteiger partial charge is 0.119 e. The summed E-state index contributed by atoms with van der Waals surface area (Å²) in [6.45, 7) is 7.91. The molecule has 1 N–H and O–H groups in total. The number of ether oxygens (including phenoxy) is 1. The highest BCUT2D eigenvalue weighted by Crippen LogP contribution is 2.26. The van der Waals surface area contributed by atoms with Crippen molar-refractivity contribution in [3.63, 3.8) is 0 Å². The first-order valence-electron chi connectivity index (χ1n) is 8.75. The Kier molecular flexibility index (Phi) is 5.04. The zero-order chi connectivity index (χ0) is 15.5.